The van der Waals surface area contributed by atoms with Gasteiger partial charge in [-0.15, -0.1) is 0 Å². The van der Waals surface area contributed by atoms with Crippen molar-refractivity contribution in [1.29, 1.82) is 0 Å². The molecule has 0 aliphatic heterocycles. The van der Waals surface area contributed by atoms with Gasteiger partial charge in [-0.2, -0.15) is 0 Å². The Morgan fingerprint density at radius 1 is 1.40 bits per heavy atom. The highest BCUT2D eigenvalue weighted by Crippen LogP contribution is 1.88. The molecule has 0 spiro atoms. The Morgan fingerprint density at radius 3 is 2.60 bits per heavy atom. The van der Waals surface area contributed by atoms with Gasteiger partial charge in [0.1, 0.15) is 5.49 Å². The molecule has 0 saturated carbocycles. The van der Waals surface area contributed by atoms with Crippen LogP contribution in [0.3, 0.4) is 0 Å². The molecule has 0 saturated heterocycles. The van der Waals surface area contributed by atoms with Gasteiger partial charge >= 0.3 is 0 Å². The van der Waals surface area contributed by atoms with Gasteiger partial charge in [0, 0.05) is 20.3 Å². The van der Waals surface area contributed by atoms with Crippen LogP contribution >= 0.6 is 0 Å². The number of hydrogen-bond donors (Lipinski definition) is 0. The normalized spacial score (nSPS) is 12.1. The van der Waals surface area contributed by atoms with Crippen molar-refractivity contribution in [3.05, 3.63) is 29.4 Å². The van der Waals surface area contributed by atoms with Crippen LogP contribution in [0.25, 0.3) is 0 Å². The monoisotopic (exact) mass is 136 g/mol. The average Bonchev–Trinajstić information content (AvgIpc) is 1.88. The lowest BCUT2D eigenvalue weighted by atomic mass is 10.3. The lowest BCUT2D eigenvalue weighted by Gasteiger charge is -1.98. The van der Waals surface area contributed by atoms with Crippen LogP contribution in [0.4, 0.5) is 0 Å². The predicted octanol–water partition coefficient (Wildman–Crippen LogP) is 0.864. The lowest BCUT2D eigenvalue weighted by Crippen LogP contribution is -2.16. The molecule has 54 valence electrons. The molecule has 0 aromatic carbocycles. The van der Waals surface area contributed by atoms with E-state index in [2.05, 4.69) is 24.2 Å². The summed E-state index contributed by atoms with van der Waals surface area (Å²) in [4.78, 5) is 4.07. The summed E-state index contributed by atoms with van der Waals surface area (Å²) in [6, 6.07) is 4.07. The second kappa shape index (κ2) is 2.69. The van der Waals surface area contributed by atoms with Crippen molar-refractivity contribution in [2.24, 2.45) is 12.0 Å². The highest BCUT2D eigenvalue weighted by molar-refractivity contribution is 5.06. The first-order valence-electron chi connectivity index (χ1n) is 3.30. The highest BCUT2D eigenvalue weighted by atomic mass is 15.0. The molecule has 1 heterocycles. The van der Waals surface area contributed by atoms with Crippen LogP contribution in [-0.2, 0) is 7.05 Å². The topological polar surface area (TPSA) is 17.3 Å². The summed E-state index contributed by atoms with van der Waals surface area (Å²) >= 11 is 0. The van der Waals surface area contributed by atoms with Crippen molar-refractivity contribution in [3.8, 4) is 0 Å². The SMILES string of the molecule is C/N=c1/ccc(C)cn1C. The summed E-state index contributed by atoms with van der Waals surface area (Å²) < 4.78 is 2.01. The molecule has 0 unspecified atom stereocenters. The van der Waals surface area contributed by atoms with Crippen LogP contribution < -0.4 is 5.49 Å². The molecule has 0 amide bonds. The van der Waals surface area contributed by atoms with Gasteiger partial charge in [-0.05, 0) is 18.6 Å². The summed E-state index contributed by atoms with van der Waals surface area (Å²) in [5, 5.41) is 0. The molecule has 1 rings (SSSR count). The van der Waals surface area contributed by atoms with E-state index in [1.165, 1.54) is 5.56 Å². The van der Waals surface area contributed by atoms with Crippen LogP contribution in [0, 0.1) is 6.92 Å². The number of aromatic nitrogens is 1. The Morgan fingerprint density at radius 2 is 2.10 bits per heavy atom. The maximum absolute atomic E-state index is 4.07. The van der Waals surface area contributed by atoms with Gasteiger partial charge in [-0.25, -0.2) is 0 Å². The fourth-order valence-corrected chi connectivity index (χ4v) is 0.970. The van der Waals surface area contributed by atoms with E-state index in [1.807, 2.05) is 17.7 Å². The first-order valence-corrected chi connectivity index (χ1v) is 3.30. The number of nitrogens with zero attached hydrogens (tertiary/aromatic N) is 2. The zero-order chi connectivity index (χ0) is 7.56. The van der Waals surface area contributed by atoms with Crippen LogP contribution in [0.2, 0.25) is 0 Å². The zero-order valence-electron chi connectivity index (χ0n) is 6.63. The van der Waals surface area contributed by atoms with Gasteiger partial charge in [0.25, 0.3) is 0 Å². The molecule has 0 aliphatic carbocycles. The number of pyridine rings is 1. The van der Waals surface area contributed by atoms with Crippen LogP contribution in [0.5, 0.6) is 0 Å². The van der Waals surface area contributed by atoms with Gasteiger partial charge in [0.15, 0.2) is 0 Å². The number of rotatable bonds is 0. The summed E-state index contributed by atoms with van der Waals surface area (Å²) in [6.45, 7) is 2.07. The summed E-state index contributed by atoms with van der Waals surface area (Å²) in [6.07, 6.45) is 2.06. The third-order valence-electron chi connectivity index (χ3n) is 1.48. The van der Waals surface area contributed by atoms with E-state index in [4.69, 9.17) is 0 Å². The van der Waals surface area contributed by atoms with Crippen LogP contribution in [0.15, 0.2) is 23.3 Å². The van der Waals surface area contributed by atoms with Crippen LogP contribution in [0.1, 0.15) is 5.56 Å². The van der Waals surface area contributed by atoms with E-state index in [1.54, 1.807) is 7.05 Å². The van der Waals surface area contributed by atoms with E-state index in [0.29, 0.717) is 0 Å². The molecule has 0 N–H and O–H groups in total. The first kappa shape index (κ1) is 7.06. The minimum absolute atomic E-state index is 1.01. The predicted molar refractivity (Wildman–Crippen MR) is 41.6 cm³/mol. The van der Waals surface area contributed by atoms with Crippen molar-refractivity contribution >= 4 is 0 Å². The molecule has 0 aliphatic rings. The molecule has 2 heteroatoms. The molecule has 1 aromatic heterocycles. The molecular formula is C8H12N2. The van der Waals surface area contributed by atoms with Gasteiger partial charge in [0.2, 0.25) is 0 Å². The van der Waals surface area contributed by atoms with Crippen molar-refractivity contribution in [2.45, 2.75) is 6.92 Å². The van der Waals surface area contributed by atoms with E-state index in [-0.39, 0.29) is 0 Å². The largest absolute Gasteiger partial charge is 0.336 e. The smallest absolute Gasteiger partial charge is 0.126 e. The molecule has 1 aromatic rings. The number of hydrogen-bond acceptors (Lipinski definition) is 1. The van der Waals surface area contributed by atoms with Crippen molar-refractivity contribution < 1.29 is 0 Å². The van der Waals surface area contributed by atoms with Crippen LogP contribution in [-0.4, -0.2) is 11.6 Å². The average molecular weight is 136 g/mol. The fourth-order valence-electron chi connectivity index (χ4n) is 0.970. The van der Waals surface area contributed by atoms with Crippen molar-refractivity contribution in [1.82, 2.24) is 4.57 Å². The maximum atomic E-state index is 4.07. The molecule has 10 heavy (non-hydrogen) atoms. The quantitative estimate of drug-likeness (QED) is 0.503. The molecule has 0 fully saturated rings. The van der Waals surface area contributed by atoms with E-state index in [9.17, 15) is 0 Å². The zero-order valence-corrected chi connectivity index (χ0v) is 6.63. The second-order valence-corrected chi connectivity index (χ2v) is 2.40. The Balaban J connectivity index is 3.34. The van der Waals surface area contributed by atoms with E-state index in [0.717, 1.165) is 5.49 Å². The Kier molecular flexibility index (Phi) is 1.90. The molecule has 2 nitrogen and oxygen atoms in total. The van der Waals surface area contributed by atoms with E-state index >= 15 is 0 Å². The van der Waals surface area contributed by atoms with Crippen molar-refractivity contribution in [3.63, 3.8) is 0 Å². The molecule has 0 atom stereocenters. The summed E-state index contributed by atoms with van der Waals surface area (Å²) in [7, 11) is 3.79. The first-order chi connectivity index (χ1) is 4.74. The van der Waals surface area contributed by atoms with E-state index < -0.39 is 0 Å². The second-order valence-electron chi connectivity index (χ2n) is 2.40. The van der Waals surface area contributed by atoms with Gasteiger partial charge in [0.05, 0.1) is 0 Å². The van der Waals surface area contributed by atoms with Crippen molar-refractivity contribution in [2.75, 3.05) is 7.05 Å². The molecular weight excluding hydrogens is 124 g/mol. The molecule has 0 bridgehead atoms. The molecule has 0 radical (unpaired) electrons. The summed E-state index contributed by atoms with van der Waals surface area (Å²) in [5.74, 6) is 0. The summed E-state index contributed by atoms with van der Waals surface area (Å²) in [5.41, 5.74) is 2.26. The minimum Gasteiger partial charge on any atom is -0.336 e. The maximum Gasteiger partial charge on any atom is 0.126 e. The Bertz CT molecular complexity index is 284. The Hall–Kier alpha value is -1.05. The standard InChI is InChI=1S/C8H12N2/c1-7-4-5-8(9-2)10(3)6-7/h4-6H,1-3H3/b9-8-. The number of aryl methyl sites for hydroxylation is 2. The third-order valence-corrected chi connectivity index (χ3v) is 1.48. The van der Waals surface area contributed by atoms with Gasteiger partial charge < -0.3 is 4.57 Å². The third kappa shape index (κ3) is 1.26. The Labute approximate surface area is 60.9 Å². The fraction of sp³-hybridized carbons (Fsp3) is 0.375. The highest BCUT2D eigenvalue weighted by Gasteiger charge is 1.84. The van der Waals surface area contributed by atoms with Gasteiger partial charge in [-0.3, -0.25) is 4.99 Å². The lowest BCUT2D eigenvalue weighted by molar-refractivity contribution is 0.821. The van der Waals surface area contributed by atoms with Gasteiger partial charge in [-0.1, -0.05) is 6.07 Å². The minimum atomic E-state index is 1.01.